The second kappa shape index (κ2) is 28.4. The predicted octanol–water partition coefficient (Wildman–Crippen LogP) is 13.2. The Balaban J connectivity index is -0.000000560. The van der Waals surface area contributed by atoms with E-state index in [1.54, 1.807) is 12.6 Å². The first-order chi connectivity index (χ1) is 23.4. The monoisotopic (exact) mass is 704 g/mol. The average molecular weight is 704 g/mol. The first-order valence-electron chi connectivity index (χ1n) is 19.1. The lowest BCUT2D eigenvalue weighted by molar-refractivity contribution is 0.359. The maximum Gasteiger partial charge on any atom is 0.229 e. The van der Waals surface area contributed by atoms with Crippen LogP contribution in [0.4, 0.5) is 0 Å². The normalized spacial score (nSPS) is 10.4. The second-order valence-electron chi connectivity index (χ2n) is 13.5. The Labute approximate surface area is 307 Å². The number of hydrogen-bond acceptors (Lipinski definition) is 9. The summed E-state index contributed by atoms with van der Waals surface area (Å²) in [6.07, 6.45) is 3.54. The van der Waals surface area contributed by atoms with Crippen LogP contribution in [0.2, 0.25) is 0 Å². The van der Waals surface area contributed by atoms with Crippen molar-refractivity contribution >= 4 is 0 Å². The van der Waals surface area contributed by atoms with Crippen LogP contribution in [-0.2, 0) is 0 Å². The van der Waals surface area contributed by atoms with Crippen molar-refractivity contribution in [3.8, 4) is 0 Å². The van der Waals surface area contributed by atoms with Crippen molar-refractivity contribution in [3.63, 3.8) is 0 Å². The lowest BCUT2D eigenvalue weighted by Gasteiger charge is -2.02. The van der Waals surface area contributed by atoms with Gasteiger partial charge in [0.05, 0.1) is 11.4 Å². The van der Waals surface area contributed by atoms with Crippen LogP contribution in [0.15, 0.2) is 32.1 Å². The molecule has 0 spiro atoms. The van der Waals surface area contributed by atoms with Gasteiger partial charge in [-0.25, -0.2) is 9.97 Å². The highest BCUT2D eigenvalue weighted by molar-refractivity contribution is 5.11. The van der Waals surface area contributed by atoms with Gasteiger partial charge in [0, 0.05) is 41.7 Å². The van der Waals surface area contributed by atoms with E-state index in [0.717, 1.165) is 40.6 Å². The summed E-state index contributed by atoms with van der Waals surface area (Å²) in [6, 6.07) is 2.45. The maximum atomic E-state index is 5.28. The van der Waals surface area contributed by atoms with Gasteiger partial charge in [-0.2, -0.15) is 10.1 Å². The quantitative estimate of drug-likeness (QED) is 0.176. The number of nitrogens with zero attached hydrogens (tertiary/aromatic N) is 7. The van der Waals surface area contributed by atoms with Crippen LogP contribution in [0.5, 0.6) is 0 Å². The van der Waals surface area contributed by atoms with Crippen LogP contribution in [0.25, 0.3) is 0 Å². The molecule has 0 amide bonds. The molecule has 0 saturated carbocycles. The molecule has 4 aromatic rings. The minimum absolute atomic E-state index is 0.329. The number of hydrogen-bond donors (Lipinski definition) is 0. The molecule has 290 valence electrons. The molecule has 4 rings (SSSR count). The summed E-state index contributed by atoms with van der Waals surface area (Å²) in [5, 5.41) is 12.1. The van der Waals surface area contributed by atoms with Gasteiger partial charge >= 0.3 is 0 Å². The fourth-order valence-corrected chi connectivity index (χ4v) is 3.20. The van der Waals surface area contributed by atoms with Gasteiger partial charge in [-0.05, 0) is 25.7 Å². The Bertz CT molecular complexity index is 1020. The SMILES string of the molecule is CC.CC.CC.CC(C)c1cc(C(C)C)on1.CC(C)c1coc(C(C)C)n1.CC(C)c1ncn(C(C)C)n1.CC(C)c1noc(C(C)C)n1. The lowest BCUT2D eigenvalue weighted by atomic mass is 10.1. The first kappa shape index (κ1) is 51.1. The number of rotatable bonds is 8. The van der Waals surface area contributed by atoms with Crippen LogP contribution in [0.3, 0.4) is 0 Å². The summed E-state index contributed by atoms with van der Waals surface area (Å²) in [5.41, 5.74) is 2.10. The van der Waals surface area contributed by atoms with Crippen molar-refractivity contribution in [1.82, 2.24) is 35.0 Å². The van der Waals surface area contributed by atoms with Crippen molar-refractivity contribution in [2.24, 2.45) is 0 Å². The molecule has 0 aliphatic rings. The van der Waals surface area contributed by atoms with E-state index in [-0.39, 0.29) is 0 Å². The Morgan fingerprint density at radius 2 is 1.00 bits per heavy atom. The molecule has 4 aromatic heterocycles. The zero-order chi connectivity index (χ0) is 39.7. The second-order valence-corrected chi connectivity index (χ2v) is 13.5. The molecule has 50 heavy (non-hydrogen) atoms. The lowest BCUT2D eigenvalue weighted by Crippen LogP contribution is -2.02. The highest BCUT2D eigenvalue weighted by atomic mass is 16.5. The summed E-state index contributed by atoms with van der Waals surface area (Å²) in [7, 11) is 0. The van der Waals surface area contributed by atoms with E-state index in [1.165, 1.54) is 0 Å². The van der Waals surface area contributed by atoms with E-state index in [4.69, 9.17) is 13.5 Å². The average Bonchev–Trinajstić information content (AvgIpc) is 3.90. The molecule has 0 fully saturated rings. The molecule has 0 atom stereocenters. The zero-order valence-corrected chi connectivity index (χ0v) is 36.2. The molecule has 0 aromatic carbocycles. The van der Waals surface area contributed by atoms with Crippen molar-refractivity contribution in [3.05, 3.63) is 59.2 Å². The number of oxazole rings is 1. The van der Waals surface area contributed by atoms with Crippen LogP contribution in [-0.4, -0.2) is 35.0 Å². The summed E-state index contributed by atoms with van der Waals surface area (Å²) < 4.78 is 17.3. The van der Waals surface area contributed by atoms with E-state index in [9.17, 15) is 0 Å². The third-order valence-electron chi connectivity index (χ3n) is 6.37. The van der Waals surface area contributed by atoms with Crippen molar-refractivity contribution in [1.29, 1.82) is 0 Å². The van der Waals surface area contributed by atoms with Crippen molar-refractivity contribution in [2.45, 2.75) is 200 Å². The molecule has 0 radical (unpaired) electrons. The molecular weight excluding hydrogens is 626 g/mol. The van der Waals surface area contributed by atoms with Gasteiger partial charge in [0.25, 0.3) is 0 Å². The number of aromatic nitrogens is 7. The smallest absolute Gasteiger partial charge is 0.229 e. The summed E-state index contributed by atoms with van der Waals surface area (Å²) >= 11 is 0. The molecule has 0 unspecified atom stereocenters. The Morgan fingerprint density at radius 3 is 1.24 bits per heavy atom. The van der Waals surface area contributed by atoms with Gasteiger partial charge in [-0.3, -0.25) is 4.68 Å². The van der Waals surface area contributed by atoms with E-state index < -0.39 is 0 Å². The molecule has 0 aliphatic carbocycles. The molecule has 0 bridgehead atoms. The van der Waals surface area contributed by atoms with E-state index in [0.29, 0.717) is 47.5 Å². The van der Waals surface area contributed by atoms with E-state index in [2.05, 4.69) is 127 Å². The van der Waals surface area contributed by atoms with E-state index in [1.807, 2.05) is 66.1 Å². The van der Waals surface area contributed by atoms with Crippen LogP contribution in [0, 0.1) is 0 Å². The highest BCUT2D eigenvalue weighted by Crippen LogP contribution is 2.20. The summed E-state index contributed by atoms with van der Waals surface area (Å²) in [5.74, 6) is 7.15. The third kappa shape index (κ3) is 20.4. The zero-order valence-electron chi connectivity index (χ0n) is 36.2. The fraction of sp³-hybridized carbons (Fsp3) is 0.750. The van der Waals surface area contributed by atoms with Crippen molar-refractivity contribution in [2.75, 3.05) is 0 Å². The van der Waals surface area contributed by atoms with Gasteiger partial charge < -0.3 is 13.5 Å². The molecule has 0 aliphatic heterocycles. The summed E-state index contributed by atoms with van der Waals surface area (Å²) in [4.78, 5) is 12.8. The van der Waals surface area contributed by atoms with Crippen LogP contribution < -0.4 is 0 Å². The maximum absolute atomic E-state index is 5.28. The molecule has 10 heteroatoms. The van der Waals surface area contributed by atoms with Gasteiger partial charge in [0.1, 0.15) is 18.4 Å². The van der Waals surface area contributed by atoms with Crippen molar-refractivity contribution < 1.29 is 13.5 Å². The van der Waals surface area contributed by atoms with Gasteiger partial charge in [-0.15, -0.1) is 0 Å². The molecule has 0 N–H and O–H groups in total. The largest absolute Gasteiger partial charge is 0.448 e. The van der Waals surface area contributed by atoms with Crippen LogP contribution in [0.1, 0.15) is 240 Å². The first-order valence-corrected chi connectivity index (χ1v) is 19.1. The standard InChI is InChI=1S/2C9H15NO.C8H15N3.C8H14N2O.3C2H6/c1-6(2)8-5-11-9(10-8)7(3)4;1-6(2)8-5-9(7(3)4)11-10-8;1-6(2)8-9-5-11(10-8)7(3)4;1-5(2)7-9-8(6(3)4)11-10-7;3*1-2/h3*5-7H,1-4H3;5-6H,1-4H3;3*1-2H3. The molecule has 10 nitrogen and oxygen atoms in total. The van der Waals surface area contributed by atoms with Gasteiger partial charge in [-0.1, -0.05) is 149 Å². The Morgan fingerprint density at radius 1 is 0.500 bits per heavy atom. The minimum Gasteiger partial charge on any atom is -0.448 e. The Kier molecular flexibility index (Phi) is 29.0. The van der Waals surface area contributed by atoms with E-state index >= 15 is 0 Å². The van der Waals surface area contributed by atoms with Crippen LogP contribution >= 0.6 is 0 Å². The molecule has 4 heterocycles. The summed E-state index contributed by atoms with van der Waals surface area (Å²) in [6.45, 7) is 45.4. The topological polar surface area (TPSA) is 122 Å². The third-order valence-corrected chi connectivity index (χ3v) is 6.37. The van der Waals surface area contributed by atoms with Gasteiger partial charge in [0.15, 0.2) is 17.5 Å². The molecule has 0 saturated heterocycles. The Hall–Kier alpha value is -3.30. The highest BCUT2D eigenvalue weighted by Gasteiger charge is 2.12. The molecular formula is C40H77N7O3. The van der Waals surface area contributed by atoms with Gasteiger partial charge in [0.2, 0.25) is 5.89 Å². The fourth-order valence-electron chi connectivity index (χ4n) is 3.20. The predicted molar refractivity (Wildman–Crippen MR) is 210 cm³/mol. The minimum atomic E-state index is 0.329.